The molecule has 0 radical (unpaired) electrons. The van der Waals surface area contributed by atoms with Crippen LogP contribution in [0.3, 0.4) is 0 Å². The van der Waals surface area contributed by atoms with Gasteiger partial charge in [-0.05, 0) is 54.8 Å². The lowest BCUT2D eigenvalue weighted by atomic mass is 10.0. The van der Waals surface area contributed by atoms with Crippen LogP contribution in [0.5, 0.6) is 0 Å². The molecule has 0 aliphatic carbocycles. The molecular formula is C13H8Br2OS2. The van der Waals surface area contributed by atoms with Crippen LogP contribution in [-0.2, 0) is 0 Å². The van der Waals surface area contributed by atoms with Gasteiger partial charge in [-0.3, -0.25) is 0 Å². The van der Waals surface area contributed by atoms with Gasteiger partial charge in [0, 0.05) is 15.8 Å². The third-order valence-corrected chi connectivity index (χ3v) is 6.15. The van der Waals surface area contributed by atoms with Gasteiger partial charge in [-0.2, -0.15) is 0 Å². The molecule has 5 heteroatoms. The topological polar surface area (TPSA) is 20.2 Å². The molecule has 0 aliphatic heterocycles. The molecule has 3 rings (SSSR count). The van der Waals surface area contributed by atoms with Crippen LogP contribution < -0.4 is 0 Å². The number of hydrogen-bond acceptors (Lipinski definition) is 3. The molecule has 18 heavy (non-hydrogen) atoms. The number of fused-ring (bicyclic) bond motifs is 1. The van der Waals surface area contributed by atoms with Gasteiger partial charge in [-0.25, -0.2) is 0 Å². The van der Waals surface area contributed by atoms with Gasteiger partial charge in [0.2, 0.25) is 0 Å². The van der Waals surface area contributed by atoms with E-state index in [1.807, 2.05) is 18.2 Å². The van der Waals surface area contributed by atoms with E-state index in [0.717, 1.165) is 23.4 Å². The summed E-state index contributed by atoms with van der Waals surface area (Å²) in [4.78, 5) is 0. The zero-order valence-corrected chi connectivity index (χ0v) is 13.9. The molecule has 0 aliphatic rings. The molecule has 3 aromatic rings. The lowest BCUT2D eigenvalue weighted by Crippen LogP contribution is -1.98. The zero-order valence-electron chi connectivity index (χ0n) is 9.06. The van der Waals surface area contributed by atoms with E-state index in [4.69, 9.17) is 0 Å². The van der Waals surface area contributed by atoms with E-state index in [1.165, 1.54) is 5.39 Å². The standard InChI is InChI=1S/C13H8Br2OS2/c14-10-6-9(13(15)18-10)11(16)8-3-1-2-7-4-5-17-12(7)8/h1-6,11,16H. The van der Waals surface area contributed by atoms with Gasteiger partial charge in [0.15, 0.2) is 0 Å². The van der Waals surface area contributed by atoms with E-state index < -0.39 is 6.10 Å². The van der Waals surface area contributed by atoms with Crippen LogP contribution in [-0.4, -0.2) is 5.11 Å². The summed E-state index contributed by atoms with van der Waals surface area (Å²) >= 11 is 10.2. The molecule has 0 bridgehead atoms. The van der Waals surface area contributed by atoms with E-state index in [2.05, 4.69) is 49.4 Å². The van der Waals surface area contributed by atoms with Crippen molar-refractivity contribution in [1.82, 2.24) is 0 Å². The Morgan fingerprint density at radius 2 is 1.94 bits per heavy atom. The van der Waals surface area contributed by atoms with Crippen molar-refractivity contribution in [2.24, 2.45) is 0 Å². The van der Waals surface area contributed by atoms with E-state index >= 15 is 0 Å². The maximum atomic E-state index is 10.6. The molecule has 92 valence electrons. The van der Waals surface area contributed by atoms with Crippen molar-refractivity contribution in [2.45, 2.75) is 6.10 Å². The second kappa shape index (κ2) is 5.06. The number of thiophene rings is 2. The molecule has 0 fully saturated rings. The summed E-state index contributed by atoms with van der Waals surface area (Å²) in [7, 11) is 0. The van der Waals surface area contributed by atoms with E-state index in [9.17, 15) is 5.11 Å². The summed E-state index contributed by atoms with van der Waals surface area (Å²) in [5.74, 6) is 0. The lowest BCUT2D eigenvalue weighted by molar-refractivity contribution is 0.222. The zero-order chi connectivity index (χ0) is 12.7. The summed E-state index contributed by atoms with van der Waals surface area (Å²) in [5, 5.41) is 13.8. The van der Waals surface area contributed by atoms with Gasteiger partial charge in [0.1, 0.15) is 6.10 Å². The lowest BCUT2D eigenvalue weighted by Gasteiger charge is -2.11. The largest absolute Gasteiger partial charge is 0.384 e. The fourth-order valence-corrected chi connectivity index (χ4v) is 5.76. The van der Waals surface area contributed by atoms with Gasteiger partial charge in [0.25, 0.3) is 0 Å². The number of halogens is 2. The molecule has 1 nitrogen and oxygen atoms in total. The number of benzene rings is 1. The normalized spacial score (nSPS) is 13.1. The first-order chi connectivity index (χ1) is 8.66. The summed E-state index contributed by atoms with van der Waals surface area (Å²) in [6, 6.07) is 10.1. The quantitative estimate of drug-likeness (QED) is 0.592. The van der Waals surface area contributed by atoms with Crippen LogP contribution in [0.25, 0.3) is 10.1 Å². The van der Waals surface area contributed by atoms with Crippen LogP contribution in [0.1, 0.15) is 17.2 Å². The maximum absolute atomic E-state index is 10.6. The summed E-state index contributed by atoms with van der Waals surface area (Å²) in [6.45, 7) is 0. The number of aliphatic hydroxyl groups is 1. The summed E-state index contributed by atoms with van der Waals surface area (Å²) in [6.07, 6.45) is -0.593. The van der Waals surface area contributed by atoms with Crippen LogP contribution in [0.4, 0.5) is 0 Å². The molecule has 1 N–H and O–H groups in total. The monoisotopic (exact) mass is 402 g/mol. The Morgan fingerprint density at radius 3 is 2.67 bits per heavy atom. The number of hydrogen-bond donors (Lipinski definition) is 1. The summed E-state index contributed by atoms with van der Waals surface area (Å²) in [5.41, 5.74) is 1.88. The average Bonchev–Trinajstić information content (AvgIpc) is 2.94. The van der Waals surface area contributed by atoms with Gasteiger partial charge in [-0.15, -0.1) is 22.7 Å². The van der Waals surface area contributed by atoms with E-state index in [1.54, 1.807) is 22.7 Å². The molecule has 0 spiro atoms. The minimum Gasteiger partial charge on any atom is -0.384 e. The van der Waals surface area contributed by atoms with Crippen molar-refractivity contribution in [1.29, 1.82) is 0 Å². The average molecular weight is 404 g/mol. The Bertz CT molecular complexity index is 702. The van der Waals surface area contributed by atoms with Crippen LogP contribution in [0.15, 0.2) is 43.3 Å². The first kappa shape index (κ1) is 12.8. The number of rotatable bonds is 2. The molecule has 0 saturated carbocycles. The molecule has 0 amide bonds. The van der Waals surface area contributed by atoms with Crippen molar-refractivity contribution in [3.05, 3.63) is 54.4 Å². The fraction of sp³-hybridized carbons (Fsp3) is 0.0769. The number of aliphatic hydroxyl groups excluding tert-OH is 1. The third-order valence-electron chi connectivity index (χ3n) is 2.78. The van der Waals surface area contributed by atoms with Gasteiger partial charge in [-0.1, -0.05) is 18.2 Å². The Morgan fingerprint density at radius 1 is 1.11 bits per heavy atom. The van der Waals surface area contributed by atoms with E-state index in [0.29, 0.717) is 0 Å². The Balaban J connectivity index is 2.14. The first-order valence-electron chi connectivity index (χ1n) is 5.25. The van der Waals surface area contributed by atoms with Gasteiger partial charge in [0.05, 0.1) is 7.57 Å². The molecule has 2 heterocycles. The predicted octanol–water partition coefficient (Wildman–Crippen LogP) is 5.57. The SMILES string of the molecule is OC(c1cc(Br)sc1Br)c1cccc2ccsc12. The predicted molar refractivity (Wildman–Crippen MR) is 85.6 cm³/mol. The van der Waals surface area contributed by atoms with Gasteiger partial charge < -0.3 is 5.11 Å². The minimum absolute atomic E-state index is 0.593. The Hall–Kier alpha value is -0.200. The second-order valence-electron chi connectivity index (χ2n) is 3.87. The molecule has 2 aromatic heterocycles. The van der Waals surface area contributed by atoms with Crippen molar-refractivity contribution >= 4 is 64.6 Å². The highest BCUT2D eigenvalue weighted by Gasteiger charge is 2.18. The minimum atomic E-state index is -0.593. The fourth-order valence-electron chi connectivity index (χ4n) is 1.94. The Kier molecular flexibility index (Phi) is 3.60. The van der Waals surface area contributed by atoms with Gasteiger partial charge >= 0.3 is 0 Å². The smallest absolute Gasteiger partial charge is 0.107 e. The molecule has 1 atom stereocenters. The van der Waals surface area contributed by atoms with Crippen molar-refractivity contribution in [3.63, 3.8) is 0 Å². The van der Waals surface area contributed by atoms with Crippen molar-refractivity contribution in [3.8, 4) is 0 Å². The Labute approximate surface area is 129 Å². The van der Waals surface area contributed by atoms with Crippen LogP contribution in [0.2, 0.25) is 0 Å². The first-order valence-corrected chi connectivity index (χ1v) is 8.54. The molecular weight excluding hydrogens is 396 g/mol. The summed E-state index contributed by atoms with van der Waals surface area (Å²) < 4.78 is 3.14. The van der Waals surface area contributed by atoms with Crippen LogP contribution >= 0.6 is 54.5 Å². The molecule has 1 aromatic carbocycles. The van der Waals surface area contributed by atoms with E-state index in [-0.39, 0.29) is 0 Å². The third kappa shape index (κ3) is 2.18. The highest BCUT2D eigenvalue weighted by atomic mass is 79.9. The molecule has 0 saturated heterocycles. The van der Waals surface area contributed by atoms with Crippen LogP contribution in [0, 0.1) is 0 Å². The second-order valence-corrected chi connectivity index (χ2v) is 8.53. The van der Waals surface area contributed by atoms with Crippen molar-refractivity contribution in [2.75, 3.05) is 0 Å². The molecule has 1 unspecified atom stereocenters. The highest BCUT2D eigenvalue weighted by Crippen LogP contribution is 2.40. The van der Waals surface area contributed by atoms with Crippen molar-refractivity contribution < 1.29 is 5.11 Å². The highest BCUT2D eigenvalue weighted by molar-refractivity contribution is 9.12. The maximum Gasteiger partial charge on any atom is 0.107 e.